The van der Waals surface area contributed by atoms with E-state index in [1.165, 1.54) is 24.0 Å². The summed E-state index contributed by atoms with van der Waals surface area (Å²) >= 11 is 0. The molecule has 1 aliphatic rings. The highest BCUT2D eigenvalue weighted by molar-refractivity contribution is 5.67. The molecule has 0 heterocycles. The number of amides is 1. The fraction of sp³-hybridized carbons (Fsp3) is 0.533. The molecule has 0 bridgehead atoms. The number of aliphatic hydroxyl groups excluding tert-OH is 1. The number of fused-ring (bicyclic) bond motifs is 1. The summed E-state index contributed by atoms with van der Waals surface area (Å²) in [5.74, 6) is 0. The smallest absolute Gasteiger partial charge is 0.407 e. The van der Waals surface area contributed by atoms with E-state index in [2.05, 4.69) is 23.5 Å². The van der Waals surface area contributed by atoms with Crippen LogP contribution in [0.5, 0.6) is 0 Å². The first-order valence-electron chi connectivity index (χ1n) is 6.86. The molecule has 1 aromatic carbocycles. The number of aryl methyl sites for hydroxylation is 2. The lowest BCUT2D eigenvalue weighted by Gasteiger charge is -2.19. The van der Waals surface area contributed by atoms with E-state index in [0.717, 1.165) is 18.4 Å². The molecule has 4 heteroatoms. The van der Waals surface area contributed by atoms with Crippen LogP contribution in [0.15, 0.2) is 18.2 Å². The van der Waals surface area contributed by atoms with Gasteiger partial charge in [-0.25, -0.2) is 4.79 Å². The second-order valence-electron chi connectivity index (χ2n) is 4.96. The summed E-state index contributed by atoms with van der Waals surface area (Å²) in [6.07, 6.45) is 4.32. The van der Waals surface area contributed by atoms with E-state index in [4.69, 9.17) is 9.84 Å². The summed E-state index contributed by atoms with van der Waals surface area (Å²) in [5, 5.41) is 11.4. The first-order chi connectivity index (χ1) is 9.20. The van der Waals surface area contributed by atoms with Gasteiger partial charge in [0.05, 0.1) is 12.6 Å². The van der Waals surface area contributed by atoms with Crippen molar-refractivity contribution in [2.45, 2.75) is 38.6 Å². The van der Waals surface area contributed by atoms with Gasteiger partial charge in [0.15, 0.2) is 0 Å². The van der Waals surface area contributed by atoms with Crippen molar-refractivity contribution in [1.29, 1.82) is 0 Å². The number of rotatable bonds is 4. The van der Waals surface area contributed by atoms with Crippen LogP contribution in [-0.4, -0.2) is 24.4 Å². The molecule has 0 aliphatic heterocycles. The van der Waals surface area contributed by atoms with E-state index in [-0.39, 0.29) is 19.3 Å². The molecular formula is C15H21NO3. The molecule has 0 saturated carbocycles. The van der Waals surface area contributed by atoms with E-state index in [9.17, 15) is 4.79 Å². The fourth-order valence-corrected chi connectivity index (χ4v) is 2.46. The summed E-state index contributed by atoms with van der Waals surface area (Å²) in [4.78, 5) is 11.4. The molecule has 1 amide bonds. The van der Waals surface area contributed by atoms with Gasteiger partial charge >= 0.3 is 6.09 Å². The zero-order valence-corrected chi connectivity index (χ0v) is 11.3. The van der Waals surface area contributed by atoms with E-state index < -0.39 is 6.09 Å². The summed E-state index contributed by atoms with van der Waals surface area (Å²) < 4.78 is 4.80. The molecule has 104 valence electrons. The fourth-order valence-electron chi connectivity index (χ4n) is 2.46. The maximum absolute atomic E-state index is 11.4. The van der Waals surface area contributed by atoms with Crippen molar-refractivity contribution in [2.75, 3.05) is 13.2 Å². The topological polar surface area (TPSA) is 58.6 Å². The Hall–Kier alpha value is -1.55. The predicted molar refractivity (Wildman–Crippen MR) is 73.1 cm³/mol. The highest BCUT2D eigenvalue weighted by Gasteiger charge is 2.14. The maximum Gasteiger partial charge on any atom is 0.407 e. The highest BCUT2D eigenvalue weighted by atomic mass is 16.6. The van der Waals surface area contributed by atoms with Gasteiger partial charge in [0.1, 0.15) is 6.61 Å². The van der Waals surface area contributed by atoms with Crippen LogP contribution in [0.25, 0.3) is 0 Å². The van der Waals surface area contributed by atoms with Crippen LogP contribution in [0.1, 0.15) is 42.5 Å². The highest BCUT2D eigenvalue weighted by Crippen LogP contribution is 2.24. The molecule has 19 heavy (non-hydrogen) atoms. The SMILES string of the molecule is CC(NC(=O)OCCO)c1ccc2c(c1)CCCC2. The summed E-state index contributed by atoms with van der Waals surface area (Å²) in [6, 6.07) is 6.34. The van der Waals surface area contributed by atoms with E-state index in [1.54, 1.807) is 0 Å². The first-order valence-corrected chi connectivity index (χ1v) is 6.86. The third-order valence-electron chi connectivity index (χ3n) is 3.53. The first kappa shape index (κ1) is 13.9. The van der Waals surface area contributed by atoms with Gasteiger partial charge < -0.3 is 15.2 Å². The molecule has 2 rings (SSSR count). The Morgan fingerprint density at radius 2 is 2.11 bits per heavy atom. The molecule has 2 N–H and O–H groups in total. The standard InChI is InChI=1S/C15H21NO3/c1-11(16-15(18)19-9-8-17)13-7-6-12-4-2-3-5-14(12)10-13/h6-7,10-11,17H,2-5,8-9H2,1H3,(H,16,18). The van der Waals surface area contributed by atoms with Crippen LogP contribution in [0.4, 0.5) is 4.79 Å². The van der Waals surface area contributed by atoms with Crippen molar-refractivity contribution in [1.82, 2.24) is 5.32 Å². The molecule has 1 aromatic rings. The molecule has 0 fully saturated rings. The quantitative estimate of drug-likeness (QED) is 0.876. The van der Waals surface area contributed by atoms with Gasteiger partial charge in [0.25, 0.3) is 0 Å². The van der Waals surface area contributed by atoms with Gasteiger partial charge in [-0.3, -0.25) is 0 Å². The Morgan fingerprint density at radius 3 is 2.84 bits per heavy atom. The third kappa shape index (κ3) is 3.70. The van der Waals surface area contributed by atoms with Gasteiger partial charge in [0, 0.05) is 0 Å². The summed E-state index contributed by atoms with van der Waals surface area (Å²) in [6.45, 7) is 1.81. The molecule has 1 aliphatic carbocycles. The Balaban J connectivity index is 1.99. The van der Waals surface area contributed by atoms with E-state index >= 15 is 0 Å². The van der Waals surface area contributed by atoms with Crippen LogP contribution in [0, 0.1) is 0 Å². The van der Waals surface area contributed by atoms with E-state index in [1.807, 2.05) is 6.92 Å². The minimum Gasteiger partial charge on any atom is -0.447 e. The van der Waals surface area contributed by atoms with Crippen molar-refractivity contribution in [2.24, 2.45) is 0 Å². The largest absolute Gasteiger partial charge is 0.447 e. The minimum absolute atomic E-state index is 0.0305. The number of carbonyl (C=O) groups is 1. The molecule has 1 unspecified atom stereocenters. The Labute approximate surface area is 113 Å². The predicted octanol–water partition coefficient (Wildman–Crippen LogP) is 2.34. The molecule has 4 nitrogen and oxygen atoms in total. The lowest BCUT2D eigenvalue weighted by atomic mass is 9.89. The second-order valence-corrected chi connectivity index (χ2v) is 4.96. The van der Waals surface area contributed by atoms with Crippen LogP contribution in [-0.2, 0) is 17.6 Å². The maximum atomic E-state index is 11.4. The monoisotopic (exact) mass is 263 g/mol. The summed E-state index contributed by atoms with van der Waals surface area (Å²) in [5.41, 5.74) is 3.94. The minimum atomic E-state index is -0.487. The molecule has 0 aromatic heterocycles. The number of carbonyl (C=O) groups excluding carboxylic acids is 1. The Bertz CT molecular complexity index is 445. The zero-order valence-electron chi connectivity index (χ0n) is 11.3. The number of nitrogens with one attached hydrogen (secondary N) is 1. The number of alkyl carbamates (subject to hydrolysis) is 1. The van der Waals surface area contributed by atoms with Crippen molar-refractivity contribution in [3.05, 3.63) is 34.9 Å². The molecule has 0 spiro atoms. The Kier molecular flexibility index (Phi) is 4.80. The van der Waals surface area contributed by atoms with Gasteiger partial charge in [-0.1, -0.05) is 18.2 Å². The average Bonchev–Trinajstić information content (AvgIpc) is 2.44. The number of hydrogen-bond acceptors (Lipinski definition) is 3. The number of hydrogen-bond donors (Lipinski definition) is 2. The van der Waals surface area contributed by atoms with E-state index in [0.29, 0.717) is 0 Å². The number of aliphatic hydroxyl groups is 1. The van der Waals surface area contributed by atoms with Gasteiger partial charge in [-0.05, 0) is 49.3 Å². The molecule has 0 saturated heterocycles. The summed E-state index contributed by atoms with van der Waals surface area (Å²) in [7, 11) is 0. The van der Waals surface area contributed by atoms with Crippen molar-refractivity contribution in [3.63, 3.8) is 0 Å². The molecule has 0 radical (unpaired) electrons. The molecular weight excluding hydrogens is 242 g/mol. The van der Waals surface area contributed by atoms with Crippen LogP contribution < -0.4 is 5.32 Å². The average molecular weight is 263 g/mol. The zero-order chi connectivity index (χ0) is 13.7. The lowest BCUT2D eigenvalue weighted by Crippen LogP contribution is -2.28. The van der Waals surface area contributed by atoms with Crippen molar-refractivity contribution >= 4 is 6.09 Å². The number of ether oxygens (including phenoxy) is 1. The Morgan fingerprint density at radius 1 is 1.37 bits per heavy atom. The van der Waals surface area contributed by atoms with Gasteiger partial charge in [-0.15, -0.1) is 0 Å². The van der Waals surface area contributed by atoms with Gasteiger partial charge in [0.2, 0.25) is 0 Å². The van der Waals surface area contributed by atoms with Crippen LogP contribution >= 0.6 is 0 Å². The number of benzene rings is 1. The van der Waals surface area contributed by atoms with Crippen LogP contribution in [0.3, 0.4) is 0 Å². The van der Waals surface area contributed by atoms with Crippen molar-refractivity contribution < 1.29 is 14.6 Å². The van der Waals surface area contributed by atoms with Crippen LogP contribution in [0.2, 0.25) is 0 Å². The lowest BCUT2D eigenvalue weighted by molar-refractivity contribution is 0.116. The van der Waals surface area contributed by atoms with Gasteiger partial charge in [-0.2, -0.15) is 0 Å². The van der Waals surface area contributed by atoms with Crippen molar-refractivity contribution in [3.8, 4) is 0 Å². The second kappa shape index (κ2) is 6.57. The third-order valence-corrected chi connectivity index (χ3v) is 3.53. The normalized spacial score (nSPS) is 15.5. The molecule has 1 atom stereocenters.